The van der Waals surface area contributed by atoms with Crippen LogP contribution >= 0.6 is 0 Å². The molecule has 0 saturated carbocycles. The van der Waals surface area contributed by atoms with Gasteiger partial charge in [-0.3, -0.25) is 19.5 Å². The van der Waals surface area contributed by atoms with Crippen molar-refractivity contribution in [3.8, 4) is 5.75 Å². The van der Waals surface area contributed by atoms with E-state index in [4.69, 9.17) is 4.74 Å². The van der Waals surface area contributed by atoms with Gasteiger partial charge in [0.15, 0.2) is 0 Å². The molecule has 3 aromatic carbocycles. The summed E-state index contributed by atoms with van der Waals surface area (Å²) in [6.07, 6.45) is 4.04. The standard InChI is InChI=1S/C36H39N7O4/c1-41-29-22-27(42-19-16-36(17-20-42)15-8-18-43(35(36)46)23-26-11-6-3-7-12-26)13-14-30(29)47-24-28(34(41)45)37-33(44)32-38-31(39-40-32)21-25-9-4-2-5-10-25/h2-7,9-14,22,28H,8,15-21,23-24H2,1H3,(H,37,44)(H,38,39,40)/t28-/m0/s1. The minimum atomic E-state index is -0.912. The summed E-state index contributed by atoms with van der Waals surface area (Å²) in [4.78, 5) is 50.5. The molecule has 3 aliphatic heterocycles. The Kier molecular flexibility index (Phi) is 8.36. The summed E-state index contributed by atoms with van der Waals surface area (Å²) in [6, 6.07) is 24.9. The van der Waals surface area contributed by atoms with E-state index in [1.54, 1.807) is 7.05 Å². The summed E-state index contributed by atoms with van der Waals surface area (Å²) in [5, 5.41) is 9.63. The number of fused-ring (bicyclic) bond motifs is 1. The van der Waals surface area contributed by atoms with Crippen molar-refractivity contribution in [2.75, 3.05) is 43.1 Å². The number of aromatic amines is 1. The topological polar surface area (TPSA) is 124 Å². The van der Waals surface area contributed by atoms with Gasteiger partial charge in [-0.2, -0.15) is 0 Å². The van der Waals surface area contributed by atoms with Crippen LogP contribution in [0.2, 0.25) is 0 Å². The lowest BCUT2D eigenvalue weighted by Gasteiger charge is -2.47. The Hall–Kier alpha value is -5.19. The first-order valence-electron chi connectivity index (χ1n) is 16.3. The van der Waals surface area contributed by atoms with E-state index in [9.17, 15) is 14.4 Å². The molecular weight excluding hydrogens is 594 g/mol. The fraction of sp³-hybridized carbons (Fsp3) is 0.361. The summed E-state index contributed by atoms with van der Waals surface area (Å²) in [6.45, 7) is 2.95. The fourth-order valence-electron chi connectivity index (χ4n) is 7.04. The van der Waals surface area contributed by atoms with Crippen LogP contribution in [-0.4, -0.2) is 77.1 Å². The SMILES string of the molecule is CN1C(=O)[C@@H](NC(=O)c2n[nH]c(Cc3ccccc3)n2)COc2ccc(N3CCC4(CCCN(Cc5ccccc5)C4=O)CC3)cc21. The van der Waals surface area contributed by atoms with Crippen molar-refractivity contribution in [3.63, 3.8) is 0 Å². The molecule has 2 fully saturated rings. The van der Waals surface area contributed by atoms with Gasteiger partial charge in [-0.05, 0) is 55.0 Å². The van der Waals surface area contributed by atoms with Gasteiger partial charge in [0.2, 0.25) is 11.7 Å². The number of H-pyrrole nitrogens is 1. The maximum Gasteiger partial charge on any atom is 0.291 e. The number of likely N-dealkylation sites (N-methyl/N-ethyl adjacent to an activating group) is 1. The number of aromatic nitrogens is 3. The average Bonchev–Trinajstić information content (AvgIpc) is 3.54. The van der Waals surface area contributed by atoms with Crippen molar-refractivity contribution >= 4 is 29.1 Å². The molecule has 0 unspecified atom stereocenters. The molecule has 2 saturated heterocycles. The molecule has 1 atom stereocenters. The van der Waals surface area contributed by atoms with Crippen LogP contribution in [0.4, 0.5) is 11.4 Å². The zero-order valence-corrected chi connectivity index (χ0v) is 26.5. The van der Waals surface area contributed by atoms with Crippen LogP contribution in [0.1, 0.15) is 53.3 Å². The second-order valence-corrected chi connectivity index (χ2v) is 12.7. The number of hydrogen-bond donors (Lipinski definition) is 2. The summed E-state index contributed by atoms with van der Waals surface area (Å²) in [7, 11) is 1.69. The van der Waals surface area contributed by atoms with Crippen LogP contribution in [0.15, 0.2) is 78.9 Å². The van der Waals surface area contributed by atoms with Crippen LogP contribution in [0.25, 0.3) is 0 Å². The van der Waals surface area contributed by atoms with Gasteiger partial charge < -0.3 is 24.8 Å². The highest BCUT2D eigenvalue weighted by atomic mass is 16.5. The maximum atomic E-state index is 13.7. The van der Waals surface area contributed by atoms with Gasteiger partial charge in [-0.25, -0.2) is 4.98 Å². The molecule has 1 spiro atoms. The van der Waals surface area contributed by atoms with Crippen LogP contribution < -0.4 is 19.9 Å². The number of piperidine rings is 2. The lowest BCUT2D eigenvalue weighted by Crippen LogP contribution is -2.53. The summed E-state index contributed by atoms with van der Waals surface area (Å²) in [5.41, 5.74) is 3.49. The molecule has 11 heteroatoms. The highest BCUT2D eigenvalue weighted by molar-refractivity contribution is 6.02. The highest BCUT2D eigenvalue weighted by Gasteiger charge is 2.45. The number of nitrogens with one attached hydrogen (secondary N) is 2. The third kappa shape index (κ3) is 6.30. The predicted molar refractivity (Wildman–Crippen MR) is 177 cm³/mol. The molecule has 2 N–H and O–H groups in total. The molecule has 4 aromatic rings. The number of nitrogens with zero attached hydrogens (tertiary/aromatic N) is 5. The van der Waals surface area contributed by atoms with Crippen molar-refractivity contribution in [1.29, 1.82) is 0 Å². The molecule has 0 bridgehead atoms. The average molecular weight is 634 g/mol. The largest absolute Gasteiger partial charge is 0.489 e. The molecule has 47 heavy (non-hydrogen) atoms. The van der Waals surface area contributed by atoms with Crippen molar-refractivity contribution in [3.05, 3.63) is 102 Å². The molecule has 3 aliphatic rings. The number of rotatable bonds is 7. The number of carbonyl (C=O) groups is 3. The third-order valence-corrected chi connectivity index (χ3v) is 9.72. The van der Waals surface area contributed by atoms with Gasteiger partial charge in [-0.15, -0.1) is 5.10 Å². The molecule has 1 aromatic heterocycles. The lowest BCUT2D eigenvalue weighted by atomic mass is 9.71. The molecule has 4 heterocycles. The summed E-state index contributed by atoms with van der Waals surface area (Å²) < 4.78 is 6.04. The number of amides is 3. The van der Waals surface area contributed by atoms with Crippen molar-refractivity contribution < 1.29 is 19.1 Å². The second-order valence-electron chi connectivity index (χ2n) is 12.7. The smallest absolute Gasteiger partial charge is 0.291 e. The molecule has 0 radical (unpaired) electrons. The van der Waals surface area contributed by atoms with Crippen molar-refractivity contribution in [2.24, 2.45) is 5.41 Å². The summed E-state index contributed by atoms with van der Waals surface area (Å²) >= 11 is 0. The van der Waals surface area contributed by atoms with Crippen LogP contribution in [-0.2, 0) is 22.6 Å². The van der Waals surface area contributed by atoms with Gasteiger partial charge in [0.1, 0.15) is 24.2 Å². The maximum absolute atomic E-state index is 13.7. The number of carbonyl (C=O) groups excluding carboxylic acids is 3. The first-order valence-corrected chi connectivity index (χ1v) is 16.3. The monoisotopic (exact) mass is 633 g/mol. The highest BCUT2D eigenvalue weighted by Crippen LogP contribution is 2.43. The molecular formula is C36H39N7O4. The Labute approximate surface area is 273 Å². The van der Waals surface area contributed by atoms with E-state index in [1.165, 1.54) is 4.90 Å². The first kappa shape index (κ1) is 30.5. The normalized spacial score (nSPS) is 19.3. The number of ether oxygens (including phenoxy) is 1. The molecule has 242 valence electrons. The summed E-state index contributed by atoms with van der Waals surface area (Å²) in [5.74, 6) is 0.527. The second kappa shape index (κ2) is 12.9. The Balaban J connectivity index is 0.983. The predicted octanol–water partition coefficient (Wildman–Crippen LogP) is 3.96. The van der Waals surface area contributed by atoms with E-state index in [1.807, 2.05) is 71.6 Å². The van der Waals surface area contributed by atoms with Gasteiger partial charge in [0, 0.05) is 45.3 Å². The fourth-order valence-corrected chi connectivity index (χ4v) is 7.04. The van der Waals surface area contributed by atoms with Gasteiger partial charge in [0.25, 0.3) is 11.8 Å². The van der Waals surface area contributed by atoms with E-state index in [0.29, 0.717) is 30.2 Å². The van der Waals surface area contributed by atoms with E-state index < -0.39 is 11.9 Å². The molecule has 0 aliphatic carbocycles. The minimum Gasteiger partial charge on any atom is -0.489 e. The van der Waals surface area contributed by atoms with E-state index in [0.717, 1.165) is 62.1 Å². The Morgan fingerprint density at radius 1 is 0.957 bits per heavy atom. The van der Waals surface area contributed by atoms with E-state index >= 15 is 0 Å². The van der Waals surface area contributed by atoms with Gasteiger partial charge in [-0.1, -0.05) is 60.7 Å². The van der Waals surface area contributed by atoms with Crippen molar-refractivity contribution in [1.82, 2.24) is 25.4 Å². The van der Waals surface area contributed by atoms with Crippen LogP contribution in [0.5, 0.6) is 5.75 Å². The number of hydrogen-bond acceptors (Lipinski definition) is 7. The third-order valence-electron chi connectivity index (χ3n) is 9.72. The van der Waals surface area contributed by atoms with Crippen LogP contribution in [0, 0.1) is 5.41 Å². The Morgan fingerprint density at radius 2 is 1.68 bits per heavy atom. The van der Waals surface area contributed by atoms with Crippen molar-refractivity contribution in [2.45, 2.75) is 44.7 Å². The van der Waals surface area contributed by atoms with E-state index in [2.05, 4.69) is 37.5 Å². The first-order chi connectivity index (χ1) is 22.9. The Morgan fingerprint density at radius 3 is 2.43 bits per heavy atom. The minimum absolute atomic E-state index is 0.0175. The van der Waals surface area contributed by atoms with Gasteiger partial charge in [0.05, 0.1) is 11.1 Å². The Bertz CT molecular complexity index is 1750. The lowest BCUT2D eigenvalue weighted by molar-refractivity contribution is -0.148. The van der Waals surface area contributed by atoms with Gasteiger partial charge >= 0.3 is 0 Å². The number of anilines is 2. The zero-order chi connectivity index (χ0) is 32.4. The zero-order valence-electron chi connectivity index (χ0n) is 26.5. The van der Waals surface area contributed by atoms with E-state index in [-0.39, 0.29) is 29.7 Å². The molecule has 3 amide bonds. The number of likely N-dealkylation sites (tertiary alicyclic amines) is 1. The van der Waals surface area contributed by atoms with Crippen LogP contribution in [0.3, 0.4) is 0 Å². The number of benzene rings is 3. The molecule has 11 nitrogen and oxygen atoms in total. The quantitative estimate of drug-likeness (QED) is 0.316. The molecule has 7 rings (SSSR count).